The molecule has 2 nitrogen and oxygen atoms in total. The molecule has 0 aliphatic carbocycles. The van der Waals surface area contributed by atoms with Crippen LogP contribution < -0.4 is 0 Å². The van der Waals surface area contributed by atoms with E-state index in [-0.39, 0.29) is 5.75 Å². The van der Waals surface area contributed by atoms with E-state index < -0.39 is 5.97 Å². The van der Waals surface area contributed by atoms with Crippen molar-refractivity contribution in [2.24, 2.45) is 0 Å². The van der Waals surface area contributed by atoms with Crippen molar-refractivity contribution in [3.63, 3.8) is 0 Å². The van der Waals surface area contributed by atoms with E-state index in [4.69, 9.17) is 5.11 Å². The summed E-state index contributed by atoms with van der Waals surface area (Å²) < 4.78 is 0. The Morgan fingerprint density at radius 2 is 1.26 bits per heavy atom. The Bertz CT molecular complexity index is 277. The molecule has 3 heteroatoms. The molecule has 136 valence electrons. The lowest BCUT2D eigenvalue weighted by molar-refractivity contribution is -0.133. The monoisotopic (exact) mass is 342 g/mol. The van der Waals surface area contributed by atoms with Gasteiger partial charge in [0.2, 0.25) is 0 Å². The lowest BCUT2D eigenvalue weighted by atomic mass is 10.1. The minimum Gasteiger partial charge on any atom is -0.481 e. The average Bonchev–Trinajstić information content (AvgIpc) is 2.53. The average molecular weight is 343 g/mol. The van der Waals surface area contributed by atoms with Crippen molar-refractivity contribution in [3.8, 4) is 0 Å². The highest BCUT2D eigenvalue weighted by Gasteiger charge is 1.96. The standard InChI is InChI=1S/C20H38O2S/c1-2-3-4-5-6-7-8-9-10-11-12-13-14-15-16-17-18-23-19-20(21)22/h9-10H,2-8,11-19H2,1H3,(H,21,22). The van der Waals surface area contributed by atoms with Gasteiger partial charge in [0.25, 0.3) is 0 Å². The Kier molecular flexibility index (Phi) is 19.2. The van der Waals surface area contributed by atoms with Gasteiger partial charge in [0.15, 0.2) is 0 Å². The summed E-state index contributed by atoms with van der Waals surface area (Å²) in [5, 5.41) is 8.52. The molecule has 0 unspecified atom stereocenters. The van der Waals surface area contributed by atoms with Crippen molar-refractivity contribution in [2.45, 2.75) is 96.8 Å². The first-order valence-electron chi connectivity index (χ1n) is 9.72. The zero-order valence-electron chi connectivity index (χ0n) is 15.2. The van der Waals surface area contributed by atoms with E-state index in [1.807, 2.05) is 0 Å². The Morgan fingerprint density at radius 1 is 0.783 bits per heavy atom. The number of allylic oxidation sites excluding steroid dienone is 2. The molecule has 23 heavy (non-hydrogen) atoms. The normalized spacial score (nSPS) is 11.3. The minimum absolute atomic E-state index is 0.255. The first-order valence-corrected chi connectivity index (χ1v) is 10.9. The predicted molar refractivity (Wildman–Crippen MR) is 104 cm³/mol. The molecular formula is C20H38O2S. The highest BCUT2D eigenvalue weighted by molar-refractivity contribution is 7.99. The van der Waals surface area contributed by atoms with E-state index in [0.717, 1.165) is 12.2 Å². The van der Waals surface area contributed by atoms with Crippen molar-refractivity contribution in [1.82, 2.24) is 0 Å². The van der Waals surface area contributed by atoms with Crippen LogP contribution >= 0.6 is 11.8 Å². The van der Waals surface area contributed by atoms with Gasteiger partial charge >= 0.3 is 5.97 Å². The number of aliphatic carboxylic acids is 1. The van der Waals surface area contributed by atoms with Crippen LogP contribution in [0.5, 0.6) is 0 Å². The number of thioether (sulfide) groups is 1. The maximum absolute atomic E-state index is 10.3. The molecule has 1 N–H and O–H groups in total. The molecule has 0 rings (SSSR count). The Labute approximate surface area is 148 Å². The molecule has 0 saturated carbocycles. The fourth-order valence-electron chi connectivity index (χ4n) is 2.61. The minimum atomic E-state index is -0.695. The first kappa shape index (κ1) is 22.6. The lowest BCUT2D eigenvalue weighted by Crippen LogP contribution is -1.98. The summed E-state index contributed by atoms with van der Waals surface area (Å²) in [5.74, 6) is 0.554. The molecular weight excluding hydrogens is 304 g/mol. The van der Waals surface area contributed by atoms with E-state index >= 15 is 0 Å². The molecule has 0 spiro atoms. The van der Waals surface area contributed by atoms with Gasteiger partial charge in [-0.15, -0.1) is 0 Å². The van der Waals surface area contributed by atoms with Gasteiger partial charge in [0.05, 0.1) is 5.75 Å². The van der Waals surface area contributed by atoms with E-state index in [1.54, 1.807) is 0 Å². The number of rotatable bonds is 18. The third-order valence-electron chi connectivity index (χ3n) is 4.03. The van der Waals surface area contributed by atoms with Crippen LogP contribution in [0.4, 0.5) is 0 Å². The number of carboxylic acids is 1. The molecule has 0 radical (unpaired) electrons. The second-order valence-electron chi connectivity index (χ2n) is 6.38. The topological polar surface area (TPSA) is 37.3 Å². The second-order valence-corrected chi connectivity index (χ2v) is 7.49. The van der Waals surface area contributed by atoms with Gasteiger partial charge in [-0.05, 0) is 37.9 Å². The molecule has 0 bridgehead atoms. The predicted octanol–water partition coefficient (Wildman–Crippen LogP) is 6.84. The molecule has 0 amide bonds. The molecule has 0 saturated heterocycles. The van der Waals surface area contributed by atoms with Crippen LogP contribution in [0.1, 0.15) is 96.8 Å². The molecule has 0 heterocycles. The van der Waals surface area contributed by atoms with Gasteiger partial charge in [-0.3, -0.25) is 4.79 Å². The van der Waals surface area contributed by atoms with Crippen molar-refractivity contribution >= 4 is 17.7 Å². The second kappa shape index (κ2) is 19.6. The smallest absolute Gasteiger partial charge is 0.313 e. The first-order chi connectivity index (χ1) is 11.3. The van der Waals surface area contributed by atoms with Gasteiger partial charge in [0, 0.05) is 0 Å². The van der Waals surface area contributed by atoms with Crippen LogP contribution in [0.3, 0.4) is 0 Å². The van der Waals surface area contributed by atoms with Crippen LogP contribution in [0.25, 0.3) is 0 Å². The van der Waals surface area contributed by atoms with Crippen LogP contribution in [-0.4, -0.2) is 22.6 Å². The van der Waals surface area contributed by atoms with Crippen LogP contribution in [0.15, 0.2) is 12.2 Å². The van der Waals surface area contributed by atoms with Gasteiger partial charge < -0.3 is 5.11 Å². The highest BCUT2D eigenvalue weighted by atomic mass is 32.2. The maximum Gasteiger partial charge on any atom is 0.313 e. The third kappa shape index (κ3) is 21.6. The maximum atomic E-state index is 10.3. The van der Waals surface area contributed by atoms with E-state index in [2.05, 4.69) is 19.1 Å². The lowest BCUT2D eigenvalue weighted by Gasteiger charge is -2.01. The summed E-state index contributed by atoms with van der Waals surface area (Å²) in [6.07, 6.45) is 23.3. The fraction of sp³-hybridized carbons (Fsp3) is 0.850. The molecule has 0 atom stereocenters. The summed E-state index contributed by atoms with van der Waals surface area (Å²) in [6, 6.07) is 0. The molecule has 0 aliphatic heterocycles. The van der Waals surface area contributed by atoms with Crippen LogP contribution in [-0.2, 0) is 4.79 Å². The largest absolute Gasteiger partial charge is 0.481 e. The number of unbranched alkanes of at least 4 members (excludes halogenated alkanes) is 12. The van der Waals surface area contributed by atoms with Crippen molar-refractivity contribution < 1.29 is 9.90 Å². The summed E-state index contributed by atoms with van der Waals surface area (Å²) in [5.41, 5.74) is 0. The van der Waals surface area contributed by atoms with Crippen LogP contribution in [0.2, 0.25) is 0 Å². The summed E-state index contributed by atoms with van der Waals surface area (Å²) in [7, 11) is 0. The number of hydrogen-bond donors (Lipinski definition) is 1. The quantitative estimate of drug-likeness (QED) is 0.219. The molecule has 0 aromatic carbocycles. The van der Waals surface area contributed by atoms with Crippen molar-refractivity contribution in [1.29, 1.82) is 0 Å². The Hall–Kier alpha value is -0.440. The Morgan fingerprint density at radius 3 is 1.78 bits per heavy atom. The van der Waals surface area contributed by atoms with E-state index in [1.165, 1.54) is 95.2 Å². The SMILES string of the molecule is CCCCCCCCC=CCCCCCCCCSCC(=O)O. The summed E-state index contributed by atoms with van der Waals surface area (Å²) >= 11 is 1.54. The summed E-state index contributed by atoms with van der Waals surface area (Å²) in [6.45, 7) is 2.27. The zero-order chi connectivity index (χ0) is 17.0. The number of hydrogen-bond acceptors (Lipinski definition) is 2. The fourth-order valence-corrected chi connectivity index (χ4v) is 3.34. The van der Waals surface area contributed by atoms with Crippen molar-refractivity contribution in [2.75, 3.05) is 11.5 Å². The van der Waals surface area contributed by atoms with Gasteiger partial charge in [-0.2, -0.15) is 11.8 Å². The van der Waals surface area contributed by atoms with Gasteiger partial charge in [-0.1, -0.05) is 76.9 Å². The zero-order valence-corrected chi connectivity index (χ0v) is 16.0. The van der Waals surface area contributed by atoms with E-state index in [9.17, 15) is 4.79 Å². The van der Waals surface area contributed by atoms with Crippen LogP contribution in [0, 0.1) is 0 Å². The molecule has 0 aromatic rings. The molecule has 0 aliphatic rings. The molecule has 0 fully saturated rings. The van der Waals surface area contributed by atoms with Crippen molar-refractivity contribution in [3.05, 3.63) is 12.2 Å². The van der Waals surface area contributed by atoms with Gasteiger partial charge in [-0.25, -0.2) is 0 Å². The molecule has 0 aromatic heterocycles. The number of carboxylic acid groups (broad SMARTS) is 1. The highest BCUT2D eigenvalue weighted by Crippen LogP contribution is 2.11. The summed E-state index contributed by atoms with van der Waals surface area (Å²) in [4.78, 5) is 10.3. The Balaban J connectivity index is 3.06. The third-order valence-corrected chi connectivity index (χ3v) is 5.05. The number of carbonyl (C=O) groups is 1. The van der Waals surface area contributed by atoms with E-state index in [0.29, 0.717) is 0 Å². The van der Waals surface area contributed by atoms with Gasteiger partial charge in [0.1, 0.15) is 0 Å².